The number of carbonyl (C=O) groups is 1. The summed E-state index contributed by atoms with van der Waals surface area (Å²) < 4.78 is 5.52. The van der Waals surface area contributed by atoms with Gasteiger partial charge in [-0.3, -0.25) is 4.79 Å². The number of esters is 1. The molecule has 0 bridgehead atoms. The van der Waals surface area contributed by atoms with Crippen LogP contribution in [-0.2, 0) is 22.4 Å². The monoisotopic (exact) mass is 381 g/mol. The first kappa shape index (κ1) is 20.1. The second-order valence-corrected chi connectivity index (χ2v) is 6.93. The van der Waals surface area contributed by atoms with Crippen molar-refractivity contribution in [1.82, 2.24) is 0 Å². The summed E-state index contributed by atoms with van der Waals surface area (Å²) >= 11 is 0. The molecule has 0 aliphatic heterocycles. The average molecular weight is 381 g/mol. The van der Waals surface area contributed by atoms with Gasteiger partial charge in [0.25, 0.3) is 0 Å². The molecule has 0 aliphatic rings. The van der Waals surface area contributed by atoms with Gasteiger partial charge in [-0.2, -0.15) is 5.26 Å². The third-order valence-electron chi connectivity index (χ3n) is 4.72. The summed E-state index contributed by atoms with van der Waals surface area (Å²) in [5.74, 6) is -0.495. The lowest BCUT2D eigenvalue weighted by Gasteiger charge is -2.24. The molecule has 0 radical (unpaired) electrons. The highest BCUT2D eigenvalue weighted by Gasteiger charge is 2.40. The molecule has 3 heteroatoms. The van der Waals surface area contributed by atoms with E-state index in [9.17, 15) is 10.1 Å². The van der Waals surface area contributed by atoms with Gasteiger partial charge in [0.15, 0.2) is 5.41 Å². The van der Waals surface area contributed by atoms with Gasteiger partial charge < -0.3 is 4.74 Å². The van der Waals surface area contributed by atoms with E-state index < -0.39 is 11.4 Å². The van der Waals surface area contributed by atoms with E-state index in [1.165, 1.54) is 0 Å². The molecule has 144 valence electrons. The Labute approximate surface area is 171 Å². The zero-order valence-corrected chi connectivity index (χ0v) is 16.2. The molecule has 0 fully saturated rings. The molecule has 0 unspecified atom stereocenters. The van der Waals surface area contributed by atoms with E-state index in [1.54, 1.807) is 6.08 Å². The number of hydrogen-bond donors (Lipinski definition) is 0. The molecule has 0 heterocycles. The van der Waals surface area contributed by atoms with E-state index in [2.05, 4.69) is 6.07 Å². The second kappa shape index (κ2) is 10.1. The second-order valence-electron chi connectivity index (χ2n) is 6.93. The van der Waals surface area contributed by atoms with Crippen LogP contribution in [0.2, 0.25) is 0 Å². The third kappa shape index (κ3) is 5.67. The number of rotatable bonds is 8. The summed E-state index contributed by atoms with van der Waals surface area (Å²) in [7, 11) is 0. The quantitative estimate of drug-likeness (QED) is 0.502. The predicted octanol–water partition coefficient (Wildman–Crippen LogP) is 5.24. The Morgan fingerprint density at radius 1 is 0.828 bits per heavy atom. The van der Waals surface area contributed by atoms with Gasteiger partial charge in [0.1, 0.15) is 6.61 Å². The lowest BCUT2D eigenvalue weighted by atomic mass is 9.77. The largest absolute Gasteiger partial charge is 0.460 e. The minimum absolute atomic E-state index is 0.126. The van der Waals surface area contributed by atoms with Crippen molar-refractivity contribution in [2.75, 3.05) is 6.61 Å². The molecular formula is C26H23NO2. The lowest BCUT2D eigenvalue weighted by Crippen LogP contribution is -2.36. The summed E-state index contributed by atoms with van der Waals surface area (Å²) in [6.45, 7) is 0.126. The molecule has 3 nitrogen and oxygen atoms in total. The van der Waals surface area contributed by atoms with Crippen molar-refractivity contribution in [2.24, 2.45) is 5.41 Å². The van der Waals surface area contributed by atoms with E-state index in [-0.39, 0.29) is 6.61 Å². The zero-order valence-electron chi connectivity index (χ0n) is 16.2. The summed E-state index contributed by atoms with van der Waals surface area (Å²) in [4.78, 5) is 13.0. The topological polar surface area (TPSA) is 50.1 Å². The number of carbonyl (C=O) groups excluding carboxylic acids is 1. The Balaban J connectivity index is 1.76. The maximum absolute atomic E-state index is 13.0. The SMILES string of the molecule is N#CC(Cc1ccccc1)(Cc1ccccc1)C(=O)OC/C=C/c1ccccc1. The number of hydrogen-bond acceptors (Lipinski definition) is 3. The molecule has 0 amide bonds. The fourth-order valence-corrected chi connectivity index (χ4v) is 3.23. The van der Waals surface area contributed by atoms with Crippen molar-refractivity contribution in [3.05, 3.63) is 114 Å². The summed E-state index contributed by atoms with van der Waals surface area (Å²) in [6, 6.07) is 31.3. The van der Waals surface area contributed by atoms with Gasteiger partial charge in [-0.25, -0.2) is 0 Å². The van der Waals surface area contributed by atoms with Crippen LogP contribution < -0.4 is 0 Å². The van der Waals surface area contributed by atoms with E-state index >= 15 is 0 Å². The van der Waals surface area contributed by atoms with E-state index in [1.807, 2.05) is 97.1 Å². The van der Waals surface area contributed by atoms with Gasteiger partial charge in [0.2, 0.25) is 0 Å². The van der Waals surface area contributed by atoms with Gasteiger partial charge in [0.05, 0.1) is 6.07 Å². The molecular weight excluding hydrogens is 358 g/mol. The molecule has 3 rings (SSSR count). The van der Waals surface area contributed by atoms with Crippen molar-refractivity contribution < 1.29 is 9.53 Å². The Kier molecular flexibility index (Phi) is 6.97. The van der Waals surface area contributed by atoms with Crippen LogP contribution in [0.5, 0.6) is 0 Å². The Morgan fingerprint density at radius 2 is 1.31 bits per heavy atom. The molecule has 0 aromatic heterocycles. The van der Waals surface area contributed by atoms with Crippen LogP contribution in [0.1, 0.15) is 16.7 Å². The number of nitriles is 1. The molecule has 0 saturated carbocycles. The van der Waals surface area contributed by atoms with Crippen LogP contribution >= 0.6 is 0 Å². The summed E-state index contributed by atoms with van der Waals surface area (Å²) in [6.07, 6.45) is 4.30. The first-order chi connectivity index (χ1) is 14.2. The normalized spacial score (nSPS) is 11.1. The van der Waals surface area contributed by atoms with Crippen molar-refractivity contribution in [3.8, 4) is 6.07 Å². The molecule has 0 atom stereocenters. The summed E-state index contributed by atoms with van der Waals surface area (Å²) in [5, 5.41) is 10.0. The molecule has 0 N–H and O–H groups in total. The van der Waals surface area contributed by atoms with Gasteiger partial charge >= 0.3 is 5.97 Å². The first-order valence-corrected chi connectivity index (χ1v) is 9.60. The fourth-order valence-electron chi connectivity index (χ4n) is 3.23. The van der Waals surface area contributed by atoms with Gasteiger partial charge in [-0.1, -0.05) is 97.1 Å². The molecule has 0 spiro atoms. The number of benzene rings is 3. The van der Waals surface area contributed by atoms with Crippen molar-refractivity contribution >= 4 is 12.0 Å². The maximum Gasteiger partial charge on any atom is 0.327 e. The van der Waals surface area contributed by atoms with E-state index in [4.69, 9.17) is 4.74 Å². The molecule has 0 aliphatic carbocycles. The zero-order chi connectivity index (χ0) is 20.4. The van der Waals surface area contributed by atoms with Gasteiger partial charge in [-0.15, -0.1) is 0 Å². The van der Waals surface area contributed by atoms with Crippen LogP contribution in [-0.4, -0.2) is 12.6 Å². The smallest absolute Gasteiger partial charge is 0.327 e. The minimum Gasteiger partial charge on any atom is -0.460 e. The summed E-state index contributed by atoms with van der Waals surface area (Å²) in [5.41, 5.74) is 1.62. The van der Waals surface area contributed by atoms with E-state index in [0.717, 1.165) is 16.7 Å². The van der Waals surface area contributed by atoms with Crippen LogP contribution in [0.4, 0.5) is 0 Å². The van der Waals surface area contributed by atoms with Crippen LogP contribution in [0.25, 0.3) is 6.08 Å². The molecule has 3 aromatic carbocycles. The Morgan fingerprint density at radius 3 is 1.79 bits per heavy atom. The van der Waals surface area contributed by atoms with E-state index in [0.29, 0.717) is 12.8 Å². The van der Waals surface area contributed by atoms with Crippen molar-refractivity contribution in [2.45, 2.75) is 12.8 Å². The number of ether oxygens (including phenoxy) is 1. The minimum atomic E-state index is -1.27. The highest BCUT2D eigenvalue weighted by molar-refractivity contribution is 5.81. The molecule has 29 heavy (non-hydrogen) atoms. The van der Waals surface area contributed by atoms with Crippen LogP contribution in [0.15, 0.2) is 97.1 Å². The maximum atomic E-state index is 13.0. The lowest BCUT2D eigenvalue weighted by molar-refractivity contribution is -0.151. The predicted molar refractivity (Wildman–Crippen MR) is 115 cm³/mol. The molecule has 0 saturated heterocycles. The molecule has 3 aromatic rings. The fraction of sp³-hybridized carbons (Fsp3) is 0.154. The standard InChI is InChI=1S/C26H23NO2/c27-21-26(19-23-13-6-2-7-14-23,20-24-15-8-3-9-16-24)25(28)29-18-10-17-22-11-4-1-5-12-22/h1-17H,18-20H2/b17-10+. The van der Waals surface area contributed by atoms with Gasteiger partial charge in [0, 0.05) is 12.8 Å². The van der Waals surface area contributed by atoms with Crippen molar-refractivity contribution in [3.63, 3.8) is 0 Å². The highest BCUT2D eigenvalue weighted by Crippen LogP contribution is 2.29. The van der Waals surface area contributed by atoms with Crippen LogP contribution in [0, 0.1) is 16.7 Å². The Bertz CT molecular complexity index is 932. The number of nitrogens with zero attached hydrogens (tertiary/aromatic N) is 1. The third-order valence-corrected chi connectivity index (χ3v) is 4.72. The Hall–Kier alpha value is -3.64. The van der Waals surface area contributed by atoms with Gasteiger partial charge in [-0.05, 0) is 22.8 Å². The first-order valence-electron chi connectivity index (χ1n) is 9.60. The average Bonchev–Trinajstić information content (AvgIpc) is 2.78. The highest BCUT2D eigenvalue weighted by atomic mass is 16.5. The van der Waals surface area contributed by atoms with Crippen LogP contribution in [0.3, 0.4) is 0 Å². The van der Waals surface area contributed by atoms with Crippen molar-refractivity contribution in [1.29, 1.82) is 5.26 Å².